The second-order valence-electron chi connectivity index (χ2n) is 3.42. The van der Waals surface area contributed by atoms with Crippen LogP contribution in [0.25, 0.3) is 11.1 Å². The number of rotatable bonds is 2. The van der Waals surface area contributed by atoms with Gasteiger partial charge in [-0.1, -0.05) is 6.07 Å². The lowest BCUT2D eigenvalue weighted by molar-refractivity contribution is 0.615. The van der Waals surface area contributed by atoms with E-state index in [0.29, 0.717) is 17.8 Å². The van der Waals surface area contributed by atoms with Crippen LogP contribution in [0.5, 0.6) is 0 Å². The molecule has 0 aliphatic carbocycles. The Morgan fingerprint density at radius 2 is 2.25 bits per heavy atom. The molecule has 0 saturated carbocycles. The fourth-order valence-corrected chi connectivity index (χ4v) is 2.29. The highest BCUT2D eigenvalue weighted by Gasteiger charge is 2.08. The first kappa shape index (κ1) is 9.35. The quantitative estimate of drug-likeness (QED) is 0.735. The molecule has 0 aliphatic rings. The van der Waals surface area contributed by atoms with E-state index in [1.165, 1.54) is 4.88 Å². The van der Waals surface area contributed by atoms with Crippen LogP contribution >= 0.6 is 11.3 Å². The molecule has 0 saturated heterocycles. The SMILES string of the molecule is Nc1nc(Cc2cccs2)nc2ccoc12. The summed E-state index contributed by atoms with van der Waals surface area (Å²) in [6.07, 6.45) is 2.29. The Kier molecular flexibility index (Phi) is 2.11. The molecule has 3 rings (SSSR count). The number of thiophene rings is 1. The molecule has 0 aromatic carbocycles. The predicted octanol–water partition coefficient (Wildman–Crippen LogP) is 2.46. The van der Waals surface area contributed by atoms with E-state index in [-0.39, 0.29) is 0 Å². The zero-order valence-corrected chi connectivity index (χ0v) is 9.20. The van der Waals surface area contributed by atoms with Crippen LogP contribution in [0.1, 0.15) is 10.7 Å². The van der Waals surface area contributed by atoms with Crippen molar-refractivity contribution in [3.63, 3.8) is 0 Å². The van der Waals surface area contributed by atoms with Gasteiger partial charge in [0.1, 0.15) is 11.3 Å². The van der Waals surface area contributed by atoms with Crippen LogP contribution in [0.3, 0.4) is 0 Å². The van der Waals surface area contributed by atoms with Gasteiger partial charge in [0.25, 0.3) is 0 Å². The van der Waals surface area contributed by atoms with E-state index < -0.39 is 0 Å². The first-order valence-corrected chi connectivity index (χ1v) is 5.73. The molecule has 0 spiro atoms. The summed E-state index contributed by atoms with van der Waals surface area (Å²) in [4.78, 5) is 9.85. The van der Waals surface area contributed by atoms with Gasteiger partial charge in [0.15, 0.2) is 11.4 Å². The number of fused-ring (bicyclic) bond motifs is 1. The standard InChI is InChI=1S/C11H9N3OS/c12-11-10-8(3-4-15-10)13-9(14-11)6-7-2-1-5-16-7/h1-5H,6H2,(H2,12,13,14). The molecule has 4 nitrogen and oxygen atoms in total. The maximum atomic E-state index is 5.79. The second-order valence-corrected chi connectivity index (χ2v) is 4.45. The first-order chi connectivity index (χ1) is 7.83. The topological polar surface area (TPSA) is 64.9 Å². The van der Waals surface area contributed by atoms with Crippen molar-refractivity contribution in [3.8, 4) is 0 Å². The molecule has 0 atom stereocenters. The maximum absolute atomic E-state index is 5.79. The number of hydrogen-bond donors (Lipinski definition) is 1. The van der Waals surface area contributed by atoms with E-state index in [2.05, 4.69) is 16.0 Å². The zero-order chi connectivity index (χ0) is 11.0. The third-order valence-electron chi connectivity index (χ3n) is 2.29. The molecule has 0 radical (unpaired) electrons. The van der Waals surface area contributed by atoms with Crippen LogP contribution in [0, 0.1) is 0 Å². The first-order valence-electron chi connectivity index (χ1n) is 4.85. The Balaban J connectivity index is 2.04. The predicted molar refractivity (Wildman–Crippen MR) is 63.3 cm³/mol. The Morgan fingerprint density at radius 3 is 3.06 bits per heavy atom. The van der Waals surface area contributed by atoms with Gasteiger partial charge in [0.05, 0.1) is 6.26 Å². The number of aromatic nitrogens is 2. The second kappa shape index (κ2) is 3.61. The monoisotopic (exact) mass is 231 g/mol. The molecule has 3 aromatic rings. The molecule has 3 aromatic heterocycles. The third kappa shape index (κ3) is 1.55. The lowest BCUT2D eigenvalue weighted by Crippen LogP contribution is -1.99. The molecule has 2 N–H and O–H groups in total. The average molecular weight is 231 g/mol. The summed E-state index contributed by atoms with van der Waals surface area (Å²) in [5.74, 6) is 1.13. The number of nitrogens with zero attached hydrogens (tertiary/aromatic N) is 2. The minimum Gasteiger partial charge on any atom is -0.459 e. The van der Waals surface area contributed by atoms with Crippen molar-refractivity contribution in [2.24, 2.45) is 0 Å². The highest BCUT2D eigenvalue weighted by molar-refractivity contribution is 7.09. The molecule has 16 heavy (non-hydrogen) atoms. The highest BCUT2D eigenvalue weighted by Crippen LogP contribution is 2.20. The fourth-order valence-electron chi connectivity index (χ4n) is 1.58. The van der Waals surface area contributed by atoms with Crippen molar-refractivity contribution in [2.45, 2.75) is 6.42 Å². The number of hydrogen-bond acceptors (Lipinski definition) is 5. The van der Waals surface area contributed by atoms with Crippen molar-refractivity contribution >= 4 is 28.3 Å². The number of nitrogens with two attached hydrogens (primary N) is 1. The molecule has 0 aliphatic heterocycles. The average Bonchev–Trinajstić information content (AvgIpc) is 2.87. The van der Waals surface area contributed by atoms with Crippen LogP contribution in [-0.2, 0) is 6.42 Å². The van der Waals surface area contributed by atoms with E-state index in [0.717, 1.165) is 11.3 Å². The van der Waals surface area contributed by atoms with Gasteiger partial charge in [-0.05, 0) is 11.4 Å². The molecular formula is C11H9N3OS. The van der Waals surface area contributed by atoms with Gasteiger partial charge in [-0.3, -0.25) is 0 Å². The summed E-state index contributed by atoms with van der Waals surface area (Å²) in [7, 11) is 0. The van der Waals surface area contributed by atoms with Crippen molar-refractivity contribution in [3.05, 3.63) is 40.5 Å². The van der Waals surface area contributed by atoms with Gasteiger partial charge in [-0.15, -0.1) is 11.3 Å². The lowest BCUT2D eigenvalue weighted by atomic mass is 10.3. The zero-order valence-electron chi connectivity index (χ0n) is 8.38. The minimum atomic E-state index is 0.404. The molecule has 0 unspecified atom stereocenters. The smallest absolute Gasteiger partial charge is 0.194 e. The van der Waals surface area contributed by atoms with Crippen LogP contribution in [0.4, 0.5) is 5.82 Å². The summed E-state index contributed by atoms with van der Waals surface area (Å²) in [5, 5.41) is 2.04. The summed E-state index contributed by atoms with van der Waals surface area (Å²) < 4.78 is 5.19. The normalized spacial score (nSPS) is 11.0. The van der Waals surface area contributed by atoms with Gasteiger partial charge in [-0.25, -0.2) is 9.97 Å². The summed E-state index contributed by atoms with van der Waals surface area (Å²) in [6, 6.07) is 5.87. The van der Waals surface area contributed by atoms with Gasteiger partial charge in [0.2, 0.25) is 0 Å². The maximum Gasteiger partial charge on any atom is 0.194 e. The number of nitrogen functional groups attached to an aromatic ring is 1. The van der Waals surface area contributed by atoms with Crippen molar-refractivity contribution in [1.82, 2.24) is 9.97 Å². The molecule has 0 amide bonds. The number of furan rings is 1. The van der Waals surface area contributed by atoms with Crippen LogP contribution < -0.4 is 5.73 Å². The molecule has 3 heterocycles. The molecule has 0 fully saturated rings. The number of anilines is 1. The summed E-state index contributed by atoms with van der Waals surface area (Å²) >= 11 is 1.69. The highest BCUT2D eigenvalue weighted by atomic mass is 32.1. The van der Waals surface area contributed by atoms with E-state index in [1.54, 1.807) is 23.7 Å². The lowest BCUT2D eigenvalue weighted by Gasteiger charge is -1.99. The van der Waals surface area contributed by atoms with E-state index in [4.69, 9.17) is 10.2 Å². The van der Waals surface area contributed by atoms with E-state index >= 15 is 0 Å². The van der Waals surface area contributed by atoms with Crippen molar-refractivity contribution < 1.29 is 4.42 Å². The Hall–Kier alpha value is -1.88. The molecule has 80 valence electrons. The Labute approximate surface area is 95.7 Å². The van der Waals surface area contributed by atoms with Crippen LogP contribution in [0.15, 0.2) is 34.3 Å². The Bertz CT molecular complexity index is 615. The van der Waals surface area contributed by atoms with Crippen LogP contribution in [-0.4, -0.2) is 9.97 Å². The van der Waals surface area contributed by atoms with Crippen molar-refractivity contribution in [1.29, 1.82) is 0 Å². The molecule has 0 bridgehead atoms. The van der Waals surface area contributed by atoms with E-state index in [1.807, 2.05) is 11.4 Å². The summed E-state index contributed by atoms with van der Waals surface area (Å²) in [6.45, 7) is 0. The van der Waals surface area contributed by atoms with Gasteiger partial charge < -0.3 is 10.2 Å². The largest absolute Gasteiger partial charge is 0.459 e. The fraction of sp³-hybridized carbons (Fsp3) is 0.0909. The summed E-state index contributed by atoms with van der Waals surface area (Å²) in [5.41, 5.74) is 7.12. The van der Waals surface area contributed by atoms with Crippen molar-refractivity contribution in [2.75, 3.05) is 5.73 Å². The van der Waals surface area contributed by atoms with Gasteiger partial charge >= 0.3 is 0 Å². The van der Waals surface area contributed by atoms with Gasteiger partial charge in [-0.2, -0.15) is 0 Å². The molecular weight excluding hydrogens is 222 g/mol. The minimum absolute atomic E-state index is 0.404. The Morgan fingerprint density at radius 1 is 1.31 bits per heavy atom. The van der Waals surface area contributed by atoms with Crippen LogP contribution in [0.2, 0.25) is 0 Å². The third-order valence-corrected chi connectivity index (χ3v) is 3.16. The van der Waals surface area contributed by atoms with E-state index in [9.17, 15) is 0 Å². The molecule has 5 heteroatoms. The van der Waals surface area contributed by atoms with Gasteiger partial charge in [0, 0.05) is 17.4 Å².